The van der Waals surface area contributed by atoms with E-state index >= 15 is 0 Å². The van der Waals surface area contributed by atoms with Crippen LogP contribution in [0.2, 0.25) is 0 Å². The van der Waals surface area contributed by atoms with Gasteiger partial charge in [-0.05, 0) is 18.8 Å². The van der Waals surface area contributed by atoms with Crippen molar-refractivity contribution in [1.82, 2.24) is 15.3 Å². The minimum absolute atomic E-state index is 0. The second-order valence-corrected chi connectivity index (χ2v) is 6.50. The van der Waals surface area contributed by atoms with Crippen LogP contribution in [0.4, 0.5) is 11.6 Å². The van der Waals surface area contributed by atoms with E-state index < -0.39 is 0 Å². The van der Waals surface area contributed by atoms with Gasteiger partial charge in [-0.15, -0.1) is 0 Å². The van der Waals surface area contributed by atoms with Gasteiger partial charge in [-0.2, -0.15) is 0 Å². The van der Waals surface area contributed by atoms with E-state index in [1.165, 1.54) is 0 Å². The van der Waals surface area contributed by atoms with E-state index in [1.54, 1.807) is 19.3 Å². The van der Waals surface area contributed by atoms with E-state index in [0.717, 1.165) is 32.5 Å². The molecule has 2 amide bonds. The number of hydrogen-bond donors (Lipinski definition) is 2. The number of nitrogens with zero attached hydrogens (tertiary/aromatic N) is 3. The molecule has 0 atom stereocenters. The van der Waals surface area contributed by atoms with Crippen molar-refractivity contribution in [2.24, 2.45) is 11.8 Å². The predicted octanol–water partition coefficient (Wildman–Crippen LogP) is 2.31. The largest absolute Gasteiger partial charge is 0.356 e. The summed E-state index contributed by atoms with van der Waals surface area (Å²) in [5, 5.41) is 5.75. The van der Waals surface area contributed by atoms with Crippen LogP contribution in [-0.4, -0.2) is 41.4 Å². The van der Waals surface area contributed by atoms with E-state index in [0.29, 0.717) is 24.0 Å². The molecule has 0 bridgehead atoms. The Morgan fingerprint density at radius 2 is 1.92 bits per heavy atom. The summed E-state index contributed by atoms with van der Waals surface area (Å²) in [4.78, 5) is 33.8. The fourth-order valence-electron chi connectivity index (χ4n) is 2.58. The number of carbonyl (C=O) groups excluding carboxylic acids is 2. The standard InChI is InChI=1S/C17H27N5O2.2H2/c1-4-15(23)21-14-10-19-17(20-11-14)22-7-5-13(6-8-22)9-18-16(24)12(2)3;;/h10-13H,4-9H2,1-3H3,(H,18,24)(H,21,23);2*1H. The van der Waals surface area contributed by atoms with Crippen LogP contribution >= 0.6 is 0 Å². The van der Waals surface area contributed by atoms with Crippen molar-refractivity contribution in [3.8, 4) is 0 Å². The van der Waals surface area contributed by atoms with E-state index in [-0.39, 0.29) is 20.6 Å². The van der Waals surface area contributed by atoms with Gasteiger partial charge in [0.15, 0.2) is 0 Å². The molecule has 136 valence electrons. The van der Waals surface area contributed by atoms with Gasteiger partial charge in [0, 0.05) is 34.8 Å². The van der Waals surface area contributed by atoms with Gasteiger partial charge in [-0.1, -0.05) is 20.8 Å². The molecule has 0 radical (unpaired) electrons. The number of hydrogen-bond acceptors (Lipinski definition) is 5. The SMILES string of the molecule is CCC(=O)Nc1cnc(N2CCC(CNC(=O)C(C)C)CC2)nc1.[HH].[HH]. The van der Waals surface area contributed by atoms with Gasteiger partial charge in [-0.25, -0.2) is 9.97 Å². The van der Waals surface area contributed by atoms with Crippen molar-refractivity contribution in [1.29, 1.82) is 0 Å². The van der Waals surface area contributed by atoms with Crippen LogP contribution < -0.4 is 15.5 Å². The molecule has 1 aliphatic heterocycles. The third-order valence-corrected chi connectivity index (χ3v) is 4.23. The number of aromatic nitrogens is 2. The highest BCUT2D eigenvalue weighted by atomic mass is 16.2. The molecule has 1 aromatic heterocycles. The molecule has 1 aromatic rings. The fourth-order valence-corrected chi connectivity index (χ4v) is 2.58. The Morgan fingerprint density at radius 1 is 1.29 bits per heavy atom. The molecule has 1 saturated heterocycles. The first-order valence-corrected chi connectivity index (χ1v) is 8.64. The predicted molar refractivity (Wildman–Crippen MR) is 98.0 cm³/mol. The number of anilines is 2. The van der Waals surface area contributed by atoms with Crippen LogP contribution in [0.1, 0.15) is 42.9 Å². The molecule has 2 heterocycles. The summed E-state index contributed by atoms with van der Waals surface area (Å²) >= 11 is 0. The van der Waals surface area contributed by atoms with E-state index in [1.807, 2.05) is 13.8 Å². The van der Waals surface area contributed by atoms with Gasteiger partial charge >= 0.3 is 0 Å². The molecule has 1 aliphatic rings. The number of amides is 2. The maximum absolute atomic E-state index is 11.6. The quantitative estimate of drug-likeness (QED) is 0.832. The first-order chi connectivity index (χ1) is 11.5. The molecule has 0 unspecified atom stereocenters. The lowest BCUT2D eigenvalue weighted by atomic mass is 9.97. The smallest absolute Gasteiger partial charge is 0.225 e. The van der Waals surface area contributed by atoms with Gasteiger partial charge in [-0.3, -0.25) is 9.59 Å². The van der Waals surface area contributed by atoms with E-state index in [2.05, 4.69) is 25.5 Å². The summed E-state index contributed by atoms with van der Waals surface area (Å²) in [6, 6.07) is 0. The van der Waals surface area contributed by atoms with Crippen LogP contribution in [0, 0.1) is 11.8 Å². The molecule has 24 heavy (non-hydrogen) atoms. The third-order valence-electron chi connectivity index (χ3n) is 4.23. The number of nitrogens with one attached hydrogen (secondary N) is 2. The lowest BCUT2D eigenvalue weighted by molar-refractivity contribution is -0.124. The van der Waals surface area contributed by atoms with Gasteiger partial charge < -0.3 is 15.5 Å². The van der Waals surface area contributed by atoms with Crippen LogP contribution in [0.3, 0.4) is 0 Å². The Morgan fingerprint density at radius 3 is 2.46 bits per heavy atom. The van der Waals surface area contributed by atoms with Crippen molar-refractivity contribution in [3.05, 3.63) is 12.4 Å². The zero-order valence-corrected chi connectivity index (χ0v) is 14.7. The molecule has 7 nitrogen and oxygen atoms in total. The van der Waals surface area contributed by atoms with Crippen LogP contribution in [0.25, 0.3) is 0 Å². The Balaban J connectivity index is 0.00000312. The van der Waals surface area contributed by atoms with Gasteiger partial charge in [0.1, 0.15) is 0 Å². The summed E-state index contributed by atoms with van der Waals surface area (Å²) < 4.78 is 0. The van der Waals surface area contributed by atoms with Crippen molar-refractivity contribution in [3.63, 3.8) is 0 Å². The monoisotopic (exact) mass is 337 g/mol. The van der Waals surface area contributed by atoms with Gasteiger partial charge in [0.05, 0.1) is 18.1 Å². The minimum atomic E-state index is -0.0457. The Bertz CT molecular complexity index is 561. The molecular formula is C17H31N5O2. The number of piperidine rings is 1. The molecule has 0 spiro atoms. The lowest BCUT2D eigenvalue weighted by Gasteiger charge is -2.32. The number of rotatable bonds is 6. The summed E-state index contributed by atoms with van der Waals surface area (Å²) in [5.74, 6) is 1.30. The maximum Gasteiger partial charge on any atom is 0.225 e. The summed E-state index contributed by atoms with van der Waals surface area (Å²) in [6.07, 6.45) is 5.74. The van der Waals surface area contributed by atoms with Crippen LogP contribution in [0.15, 0.2) is 12.4 Å². The van der Waals surface area contributed by atoms with Crippen molar-refractivity contribution in [2.75, 3.05) is 29.9 Å². The average Bonchev–Trinajstić information content (AvgIpc) is 2.60. The lowest BCUT2D eigenvalue weighted by Crippen LogP contribution is -2.40. The summed E-state index contributed by atoms with van der Waals surface area (Å²) in [7, 11) is 0. The normalized spacial score (nSPS) is 15.4. The van der Waals surface area contributed by atoms with Crippen LogP contribution in [-0.2, 0) is 9.59 Å². The highest BCUT2D eigenvalue weighted by Crippen LogP contribution is 2.20. The summed E-state index contributed by atoms with van der Waals surface area (Å²) in [6.45, 7) is 8.11. The third kappa shape index (κ3) is 5.18. The highest BCUT2D eigenvalue weighted by Gasteiger charge is 2.21. The first-order valence-electron chi connectivity index (χ1n) is 8.64. The van der Waals surface area contributed by atoms with Gasteiger partial charge in [0.25, 0.3) is 0 Å². The Hall–Kier alpha value is -2.18. The average molecular weight is 337 g/mol. The second-order valence-electron chi connectivity index (χ2n) is 6.50. The zero-order valence-electron chi connectivity index (χ0n) is 14.7. The Labute approximate surface area is 146 Å². The fraction of sp³-hybridized carbons (Fsp3) is 0.647. The van der Waals surface area contributed by atoms with Crippen molar-refractivity contribution >= 4 is 23.5 Å². The molecule has 0 aliphatic carbocycles. The van der Waals surface area contributed by atoms with Crippen LogP contribution in [0.5, 0.6) is 0 Å². The Kier molecular flexibility index (Phi) is 6.52. The van der Waals surface area contributed by atoms with Crippen molar-refractivity contribution < 1.29 is 12.4 Å². The van der Waals surface area contributed by atoms with E-state index in [4.69, 9.17) is 0 Å². The first kappa shape index (κ1) is 18.2. The molecular weight excluding hydrogens is 306 g/mol. The van der Waals surface area contributed by atoms with E-state index in [9.17, 15) is 9.59 Å². The van der Waals surface area contributed by atoms with Crippen molar-refractivity contribution in [2.45, 2.75) is 40.0 Å². The highest BCUT2D eigenvalue weighted by molar-refractivity contribution is 5.90. The molecule has 2 rings (SSSR count). The summed E-state index contributed by atoms with van der Waals surface area (Å²) in [5.41, 5.74) is 0.622. The maximum atomic E-state index is 11.6. The molecule has 1 fully saturated rings. The molecule has 0 saturated carbocycles. The molecule has 0 aromatic carbocycles. The topological polar surface area (TPSA) is 87.2 Å². The zero-order chi connectivity index (χ0) is 17.5. The molecule has 7 heteroatoms. The van der Waals surface area contributed by atoms with Gasteiger partial charge in [0.2, 0.25) is 17.8 Å². The molecule has 2 N–H and O–H groups in total. The second kappa shape index (κ2) is 8.61. The number of carbonyl (C=O) groups is 2. The minimum Gasteiger partial charge on any atom is -0.356 e.